The number of hydrogen-bond acceptors (Lipinski definition) is 4. The van der Waals surface area contributed by atoms with Crippen LogP contribution >= 0.6 is 0 Å². The summed E-state index contributed by atoms with van der Waals surface area (Å²) in [6.07, 6.45) is -1.44. The number of ether oxygens (including phenoxy) is 2. The highest BCUT2D eigenvalue weighted by Gasteiger charge is 2.20. The number of carbonyl (C=O) groups excluding carboxylic acids is 1. The number of esters is 1. The summed E-state index contributed by atoms with van der Waals surface area (Å²) in [6, 6.07) is 14.4. The number of nitriles is 1. The summed E-state index contributed by atoms with van der Waals surface area (Å²) in [5.74, 6) is -0.543. The van der Waals surface area contributed by atoms with E-state index in [4.69, 9.17) is 14.7 Å². The SMILES string of the molecule is CC(Oc1cccc(C#N)c1)C(=O)OC(C)c1cccc(F)c1. The van der Waals surface area contributed by atoms with Crippen molar-refractivity contribution in [1.29, 1.82) is 5.26 Å². The third kappa shape index (κ3) is 4.55. The Morgan fingerprint density at radius 2 is 1.91 bits per heavy atom. The lowest BCUT2D eigenvalue weighted by molar-refractivity contribution is -0.156. The van der Waals surface area contributed by atoms with Crippen molar-refractivity contribution < 1.29 is 18.7 Å². The Morgan fingerprint density at radius 1 is 1.17 bits per heavy atom. The van der Waals surface area contributed by atoms with E-state index in [1.807, 2.05) is 6.07 Å². The third-order valence-electron chi connectivity index (χ3n) is 3.22. The summed E-state index contributed by atoms with van der Waals surface area (Å²) in [5, 5.41) is 8.84. The first-order chi connectivity index (χ1) is 11.0. The highest BCUT2D eigenvalue weighted by atomic mass is 19.1. The second kappa shape index (κ2) is 7.41. The zero-order chi connectivity index (χ0) is 16.8. The van der Waals surface area contributed by atoms with Gasteiger partial charge < -0.3 is 9.47 Å². The molecule has 0 fully saturated rings. The lowest BCUT2D eigenvalue weighted by Crippen LogP contribution is -2.27. The Balaban J connectivity index is 1.98. The van der Waals surface area contributed by atoms with E-state index in [0.717, 1.165) is 0 Å². The van der Waals surface area contributed by atoms with Crippen LogP contribution in [-0.4, -0.2) is 12.1 Å². The fourth-order valence-electron chi connectivity index (χ4n) is 1.99. The van der Waals surface area contributed by atoms with Crippen LogP contribution < -0.4 is 4.74 Å². The molecule has 0 N–H and O–H groups in total. The number of halogens is 1. The van der Waals surface area contributed by atoms with E-state index in [-0.39, 0.29) is 5.82 Å². The van der Waals surface area contributed by atoms with Gasteiger partial charge in [0, 0.05) is 0 Å². The molecule has 0 heterocycles. The topological polar surface area (TPSA) is 59.3 Å². The molecule has 4 nitrogen and oxygen atoms in total. The molecule has 2 aromatic rings. The fraction of sp³-hybridized carbons (Fsp3) is 0.222. The molecule has 23 heavy (non-hydrogen) atoms. The first kappa shape index (κ1) is 16.5. The Kier molecular flexibility index (Phi) is 5.32. The molecule has 0 aromatic heterocycles. The molecule has 2 atom stereocenters. The van der Waals surface area contributed by atoms with Gasteiger partial charge in [0.2, 0.25) is 0 Å². The lowest BCUT2D eigenvalue weighted by atomic mass is 10.1. The van der Waals surface area contributed by atoms with E-state index in [1.165, 1.54) is 12.1 Å². The van der Waals surface area contributed by atoms with Crippen molar-refractivity contribution >= 4 is 5.97 Å². The van der Waals surface area contributed by atoms with Gasteiger partial charge in [-0.3, -0.25) is 0 Å². The maximum atomic E-state index is 13.2. The van der Waals surface area contributed by atoms with Crippen LogP contribution in [0.1, 0.15) is 31.1 Å². The second-order valence-electron chi connectivity index (χ2n) is 5.03. The fourth-order valence-corrected chi connectivity index (χ4v) is 1.99. The van der Waals surface area contributed by atoms with Gasteiger partial charge in [-0.15, -0.1) is 0 Å². The van der Waals surface area contributed by atoms with Gasteiger partial charge in [-0.1, -0.05) is 18.2 Å². The summed E-state index contributed by atoms with van der Waals surface area (Å²) >= 11 is 0. The summed E-state index contributed by atoms with van der Waals surface area (Å²) in [4.78, 5) is 12.1. The summed E-state index contributed by atoms with van der Waals surface area (Å²) in [7, 11) is 0. The molecule has 2 aromatic carbocycles. The molecule has 5 heteroatoms. The van der Waals surface area contributed by atoms with Crippen molar-refractivity contribution in [3.05, 3.63) is 65.5 Å². The molecular formula is C18H16FNO3. The summed E-state index contributed by atoms with van der Waals surface area (Å²) < 4.78 is 24.0. The zero-order valence-corrected chi connectivity index (χ0v) is 12.8. The van der Waals surface area contributed by atoms with E-state index in [9.17, 15) is 9.18 Å². The van der Waals surface area contributed by atoms with Crippen molar-refractivity contribution in [2.45, 2.75) is 26.1 Å². The molecule has 0 saturated heterocycles. The normalized spacial score (nSPS) is 12.8. The molecule has 118 valence electrons. The summed E-state index contributed by atoms with van der Waals surface area (Å²) in [5.41, 5.74) is 1.01. The molecule has 0 aliphatic rings. The maximum absolute atomic E-state index is 13.2. The van der Waals surface area contributed by atoms with Crippen LogP contribution in [0.5, 0.6) is 5.75 Å². The molecule has 0 radical (unpaired) electrons. The summed E-state index contributed by atoms with van der Waals surface area (Å²) in [6.45, 7) is 3.22. The molecule has 0 aliphatic heterocycles. The third-order valence-corrected chi connectivity index (χ3v) is 3.22. The van der Waals surface area contributed by atoms with Crippen LogP contribution in [0.3, 0.4) is 0 Å². The Bertz CT molecular complexity index is 739. The smallest absolute Gasteiger partial charge is 0.347 e. The van der Waals surface area contributed by atoms with Gasteiger partial charge in [0.05, 0.1) is 11.6 Å². The van der Waals surface area contributed by atoms with Crippen molar-refractivity contribution in [1.82, 2.24) is 0 Å². The molecular weight excluding hydrogens is 297 g/mol. The second-order valence-corrected chi connectivity index (χ2v) is 5.03. The minimum Gasteiger partial charge on any atom is -0.479 e. The Labute approximate surface area is 134 Å². The van der Waals surface area contributed by atoms with Gasteiger partial charge in [0.15, 0.2) is 6.10 Å². The molecule has 0 amide bonds. The van der Waals surface area contributed by atoms with Gasteiger partial charge >= 0.3 is 5.97 Å². The van der Waals surface area contributed by atoms with Crippen LogP contribution in [-0.2, 0) is 9.53 Å². The van der Waals surface area contributed by atoms with Crippen molar-refractivity contribution in [2.75, 3.05) is 0 Å². The molecule has 0 saturated carbocycles. The van der Waals surface area contributed by atoms with Crippen molar-refractivity contribution in [3.63, 3.8) is 0 Å². The molecule has 2 unspecified atom stereocenters. The van der Waals surface area contributed by atoms with Gasteiger partial charge in [-0.05, 0) is 49.7 Å². The van der Waals surface area contributed by atoms with Crippen LogP contribution in [0, 0.1) is 17.1 Å². The number of benzene rings is 2. The standard InChI is InChI=1S/C18H16FNO3/c1-12(15-6-4-7-16(19)10-15)23-18(21)13(2)22-17-8-3-5-14(9-17)11-20/h3-10,12-13H,1-2H3. The zero-order valence-electron chi connectivity index (χ0n) is 12.8. The Hall–Kier alpha value is -2.87. The first-order valence-electron chi connectivity index (χ1n) is 7.12. The van der Waals surface area contributed by atoms with Crippen LogP contribution in [0.4, 0.5) is 4.39 Å². The minimum atomic E-state index is -0.847. The van der Waals surface area contributed by atoms with E-state index in [0.29, 0.717) is 16.9 Å². The molecule has 0 spiro atoms. The molecule has 2 rings (SSSR count). The highest BCUT2D eigenvalue weighted by Crippen LogP contribution is 2.20. The van der Waals surface area contributed by atoms with Crippen LogP contribution in [0.2, 0.25) is 0 Å². The van der Waals surface area contributed by atoms with Crippen molar-refractivity contribution in [3.8, 4) is 11.8 Å². The van der Waals surface area contributed by atoms with Crippen LogP contribution in [0.25, 0.3) is 0 Å². The number of rotatable bonds is 5. The van der Waals surface area contributed by atoms with Gasteiger partial charge in [-0.25, -0.2) is 9.18 Å². The number of hydrogen-bond donors (Lipinski definition) is 0. The molecule has 0 bridgehead atoms. The van der Waals surface area contributed by atoms with Crippen molar-refractivity contribution in [2.24, 2.45) is 0 Å². The van der Waals surface area contributed by atoms with Crippen LogP contribution in [0.15, 0.2) is 48.5 Å². The van der Waals surface area contributed by atoms with E-state index in [1.54, 1.807) is 50.2 Å². The quantitative estimate of drug-likeness (QED) is 0.788. The highest BCUT2D eigenvalue weighted by molar-refractivity contribution is 5.75. The first-order valence-corrected chi connectivity index (χ1v) is 7.12. The average molecular weight is 313 g/mol. The minimum absolute atomic E-state index is 0.386. The number of carbonyl (C=O) groups is 1. The molecule has 0 aliphatic carbocycles. The predicted molar refractivity (Wildman–Crippen MR) is 82.2 cm³/mol. The van der Waals surface area contributed by atoms with E-state index >= 15 is 0 Å². The number of nitrogens with zero attached hydrogens (tertiary/aromatic N) is 1. The van der Waals surface area contributed by atoms with Gasteiger partial charge in [0.25, 0.3) is 0 Å². The van der Waals surface area contributed by atoms with E-state index in [2.05, 4.69) is 0 Å². The van der Waals surface area contributed by atoms with Gasteiger partial charge in [0.1, 0.15) is 17.7 Å². The van der Waals surface area contributed by atoms with Gasteiger partial charge in [-0.2, -0.15) is 5.26 Å². The monoisotopic (exact) mass is 313 g/mol. The average Bonchev–Trinajstić information content (AvgIpc) is 2.54. The van der Waals surface area contributed by atoms with E-state index < -0.39 is 18.2 Å². The lowest BCUT2D eigenvalue weighted by Gasteiger charge is -2.18. The predicted octanol–water partition coefficient (Wildman–Crippen LogP) is 3.77. The largest absolute Gasteiger partial charge is 0.479 e. The Morgan fingerprint density at radius 3 is 2.61 bits per heavy atom. The maximum Gasteiger partial charge on any atom is 0.347 e.